The van der Waals surface area contributed by atoms with Crippen molar-refractivity contribution in [2.45, 2.75) is 51.1 Å². The number of hydrogen-bond donors (Lipinski definition) is 1. The Balaban J connectivity index is 0.00000300. The molecule has 1 unspecified atom stereocenters. The van der Waals surface area contributed by atoms with E-state index in [1.54, 1.807) is 12.3 Å². The maximum Gasteiger partial charge on any atom is 0.223 e. The highest BCUT2D eigenvalue weighted by molar-refractivity contribution is 5.85. The van der Waals surface area contributed by atoms with Crippen molar-refractivity contribution in [3.05, 3.63) is 65.5 Å². The number of rotatable bonds is 7. The van der Waals surface area contributed by atoms with Gasteiger partial charge >= 0.3 is 0 Å². The molecule has 3 rings (SSSR count). The molecule has 1 fully saturated rings. The van der Waals surface area contributed by atoms with Crippen LogP contribution in [0.5, 0.6) is 0 Å². The summed E-state index contributed by atoms with van der Waals surface area (Å²) in [5.74, 6) is -1.59. The number of nitrogens with zero attached hydrogens (tertiary/aromatic N) is 2. The lowest BCUT2D eigenvalue weighted by Gasteiger charge is -2.31. The Hall–Kier alpha value is -2.05. The predicted octanol–water partition coefficient (Wildman–Crippen LogP) is 4.28. The Kier molecular flexibility index (Phi) is 9.48. The van der Waals surface area contributed by atoms with Crippen LogP contribution in [0.15, 0.2) is 42.6 Å². The van der Waals surface area contributed by atoms with Gasteiger partial charge in [-0.2, -0.15) is 0 Å². The number of benzene rings is 1. The second-order valence-corrected chi connectivity index (χ2v) is 7.28. The first-order valence-corrected chi connectivity index (χ1v) is 9.97. The monoisotopic (exact) mass is 423 g/mol. The van der Waals surface area contributed by atoms with E-state index >= 15 is 0 Å². The highest BCUT2D eigenvalue weighted by Gasteiger charge is 2.24. The van der Waals surface area contributed by atoms with Crippen molar-refractivity contribution in [3.8, 4) is 0 Å². The van der Waals surface area contributed by atoms with E-state index in [1.807, 2.05) is 23.1 Å². The molecule has 2 heterocycles. The fraction of sp³-hybridized carbons (Fsp3) is 0.455. The van der Waals surface area contributed by atoms with E-state index in [2.05, 4.69) is 10.3 Å². The van der Waals surface area contributed by atoms with Crippen LogP contribution < -0.4 is 5.32 Å². The fourth-order valence-corrected chi connectivity index (χ4v) is 3.68. The maximum absolute atomic E-state index is 13.4. The van der Waals surface area contributed by atoms with Gasteiger partial charge in [0.2, 0.25) is 5.91 Å². The summed E-state index contributed by atoms with van der Waals surface area (Å²) in [6.07, 6.45) is 6.24. The smallest absolute Gasteiger partial charge is 0.223 e. The third-order valence-electron chi connectivity index (χ3n) is 5.20. The predicted molar refractivity (Wildman–Crippen MR) is 112 cm³/mol. The molecule has 0 spiro atoms. The molecule has 1 atom stereocenters. The fourth-order valence-electron chi connectivity index (χ4n) is 3.68. The second-order valence-electron chi connectivity index (χ2n) is 7.28. The van der Waals surface area contributed by atoms with Gasteiger partial charge in [0, 0.05) is 18.7 Å². The molecule has 1 N–H and O–H groups in total. The number of nitrogens with one attached hydrogen (secondary N) is 1. The molecule has 1 saturated heterocycles. The van der Waals surface area contributed by atoms with E-state index in [1.165, 1.54) is 6.07 Å². The van der Waals surface area contributed by atoms with Crippen molar-refractivity contribution in [2.75, 3.05) is 13.1 Å². The number of hydrogen-bond acceptors (Lipinski definition) is 3. The lowest BCUT2D eigenvalue weighted by atomic mass is 10.0. The van der Waals surface area contributed by atoms with E-state index in [-0.39, 0.29) is 24.4 Å². The van der Waals surface area contributed by atoms with Crippen LogP contribution in [0.3, 0.4) is 0 Å². The summed E-state index contributed by atoms with van der Waals surface area (Å²) in [4.78, 5) is 19.4. The second kappa shape index (κ2) is 11.8. The molecular formula is C22H28ClF2N3O. The summed E-state index contributed by atoms with van der Waals surface area (Å²) < 4.78 is 26.4. The number of aryl methyl sites for hydroxylation is 1. The zero-order valence-electron chi connectivity index (χ0n) is 16.4. The lowest BCUT2D eigenvalue weighted by Crippen LogP contribution is -2.40. The Bertz CT molecular complexity index is 768. The molecule has 1 aliphatic heterocycles. The van der Waals surface area contributed by atoms with Gasteiger partial charge in [0.15, 0.2) is 11.6 Å². The molecule has 0 saturated carbocycles. The summed E-state index contributed by atoms with van der Waals surface area (Å²) >= 11 is 0. The zero-order chi connectivity index (χ0) is 19.8. The van der Waals surface area contributed by atoms with Crippen LogP contribution in [0.25, 0.3) is 0 Å². The van der Waals surface area contributed by atoms with Gasteiger partial charge in [0.25, 0.3) is 0 Å². The molecule has 4 nitrogen and oxygen atoms in total. The Morgan fingerprint density at radius 3 is 2.76 bits per heavy atom. The summed E-state index contributed by atoms with van der Waals surface area (Å²) in [6.45, 7) is 2.40. The van der Waals surface area contributed by atoms with Gasteiger partial charge in [-0.3, -0.25) is 9.78 Å². The quantitative estimate of drug-likeness (QED) is 0.723. The Morgan fingerprint density at radius 2 is 2.00 bits per heavy atom. The standard InChI is InChI=1S/C22H27F2N3O.ClH/c23-20-10-9-17(15-21(20)24)5-3-8-22(28)27(16-18-6-1-2-13-26-18)19-7-4-12-25-14-11-19;/h1-2,6,9-10,13,15,19,25H,3-5,7-8,11-12,14,16H2;1H. The van der Waals surface area contributed by atoms with Crippen LogP contribution in [0.2, 0.25) is 0 Å². The zero-order valence-corrected chi connectivity index (χ0v) is 17.3. The molecule has 0 bridgehead atoms. The minimum Gasteiger partial charge on any atom is -0.334 e. The van der Waals surface area contributed by atoms with Gasteiger partial charge < -0.3 is 10.2 Å². The SMILES string of the molecule is Cl.O=C(CCCc1ccc(F)c(F)c1)N(Cc1ccccn1)C1CCCNCC1. The van der Waals surface area contributed by atoms with Crippen LogP contribution in [-0.4, -0.2) is 34.9 Å². The molecule has 1 amide bonds. The van der Waals surface area contributed by atoms with Crippen LogP contribution in [-0.2, 0) is 17.8 Å². The average molecular weight is 424 g/mol. The van der Waals surface area contributed by atoms with E-state index in [0.717, 1.165) is 44.1 Å². The molecule has 158 valence electrons. The van der Waals surface area contributed by atoms with Crippen LogP contribution in [0, 0.1) is 11.6 Å². The third-order valence-corrected chi connectivity index (χ3v) is 5.20. The molecule has 1 aromatic heterocycles. The van der Waals surface area contributed by atoms with Gasteiger partial charge in [0.05, 0.1) is 12.2 Å². The molecule has 2 aromatic rings. The Labute approximate surface area is 177 Å². The molecule has 0 aliphatic carbocycles. The van der Waals surface area contributed by atoms with Crippen molar-refractivity contribution in [1.29, 1.82) is 0 Å². The molecular weight excluding hydrogens is 396 g/mol. The average Bonchev–Trinajstić information content (AvgIpc) is 2.99. The molecule has 1 aromatic carbocycles. The number of carbonyl (C=O) groups is 1. The molecule has 7 heteroatoms. The van der Waals surface area contributed by atoms with Gasteiger partial charge in [-0.25, -0.2) is 8.78 Å². The maximum atomic E-state index is 13.4. The van der Waals surface area contributed by atoms with Gasteiger partial charge in [0.1, 0.15) is 0 Å². The third kappa shape index (κ3) is 7.05. The minimum atomic E-state index is -0.844. The van der Waals surface area contributed by atoms with E-state index < -0.39 is 11.6 Å². The van der Waals surface area contributed by atoms with Gasteiger partial charge in [-0.15, -0.1) is 12.4 Å². The van der Waals surface area contributed by atoms with Crippen LogP contribution in [0.1, 0.15) is 43.4 Å². The van der Waals surface area contributed by atoms with Gasteiger partial charge in [-0.05, 0) is 75.0 Å². The first-order valence-electron chi connectivity index (χ1n) is 9.97. The van der Waals surface area contributed by atoms with Crippen molar-refractivity contribution < 1.29 is 13.6 Å². The lowest BCUT2D eigenvalue weighted by molar-refractivity contribution is -0.134. The van der Waals surface area contributed by atoms with Crippen molar-refractivity contribution in [2.24, 2.45) is 0 Å². The van der Waals surface area contributed by atoms with E-state index in [4.69, 9.17) is 0 Å². The van der Waals surface area contributed by atoms with Gasteiger partial charge in [-0.1, -0.05) is 12.1 Å². The summed E-state index contributed by atoms with van der Waals surface area (Å²) in [6, 6.07) is 9.87. The summed E-state index contributed by atoms with van der Waals surface area (Å²) in [5.41, 5.74) is 1.59. The molecule has 0 radical (unpaired) electrons. The van der Waals surface area contributed by atoms with Crippen molar-refractivity contribution in [3.63, 3.8) is 0 Å². The molecule has 29 heavy (non-hydrogen) atoms. The first-order chi connectivity index (χ1) is 13.6. The Morgan fingerprint density at radius 1 is 1.14 bits per heavy atom. The number of amides is 1. The summed E-state index contributed by atoms with van der Waals surface area (Å²) in [7, 11) is 0. The van der Waals surface area contributed by atoms with E-state index in [9.17, 15) is 13.6 Å². The largest absolute Gasteiger partial charge is 0.334 e. The topological polar surface area (TPSA) is 45.2 Å². The number of aromatic nitrogens is 1. The van der Waals surface area contributed by atoms with Crippen LogP contribution >= 0.6 is 12.4 Å². The highest BCUT2D eigenvalue weighted by atomic mass is 35.5. The van der Waals surface area contributed by atoms with Crippen molar-refractivity contribution in [1.82, 2.24) is 15.2 Å². The first kappa shape index (κ1) is 23.2. The highest BCUT2D eigenvalue weighted by Crippen LogP contribution is 2.19. The van der Waals surface area contributed by atoms with Crippen molar-refractivity contribution >= 4 is 18.3 Å². The summed E-state index contributed by atoms with van der Waals surface area (Å²) in [5, 5.41) is 3.39. The normalized spacial score (nSPS) is 16.6. The number of halogens is 3. The number of carbonyl (C=O) groups excluding carboxylic acids is 1. The van der Waals surface area contributed by atoms with E-state index in [0.29, 0.717) is 31.4 Å². The molecule has 1 aliphatic rings. The minimum absolute atomic E-state index is 0. The van der Waals surface area contributed by atoms with Crippen LogP contribution in [0.4, 0.5) is 8.78 Å². The number of pyridine rings is 1.